The van der Waals surface area contributed by atoms with E-state index in [4.69, 9.17) is 4.74 Å². The second-order valence-corrected chi connectivity index (χ2v) is 3.94. The van der Waals surface area contributed by atoms with Crippen LogP contribution >= 0.6 is 0 Å². The van der Waals surface area contributed by atoms with E-state index in [1.807, 2.05) is 0 Å². The van der Waals surface area contributed by atoms with E-state index < -0.39 is 0 Å². The van der Waals surface area contributed by atoms with E-state index in [-0.39, 0.29) is 29.6 Å². The summed E-state index contributed by atoms with van der Waals surface area (Å²) in [5.74, 6) is 0. The van der Waals surface area contributed by atoms with Gasteiger partial charge in [-0.15, -0.1) is 0 Å². The predicted molar refractivity (Wildman–Crippen MR) is 63.4 cm³/mol. The molecule has 0 amide bonds. The summed E-state index contributed by atoms with van der Waals surface area (Å²) in [6.45, 7) is 7.77. The summed E-state index contributed by atoms with van der Waals surface area (Å²) in [7, 11) is 0. The van der Waals surface area contributed by atoms with Crippen LogP contribution in [0.5, 0.6) is 0 Å². The molecule has 0 heterocycles. The first-order valence-electron chi connectivity index (χ1n) is 6.28. The zero-order valence-corrected chi connectivity index (χ0v) is 12.9. The molecule has 0 spiro atoms. The maximum atomic E-state index is 5.37. The minimum atomic E-state index is 0. The van der Waals surface area contributed by atoms with Gasteiger partial charge in [0.2, 0.25) is 0 Å². The van der Waals surface area contributed by atoms with Gasteiger partial charge in [-0.2, -0.15) is 6.42 Å². The Kier molecular flexibility index (Phi) is 21.2. The molecule has 0 fully saturated rings. The van der Waals surface area contributed by atoms with Gasteiger partial charge in [0, 0.05) is 13.2 Å². The van der Waals surface area contributed by atoms with Gasteiger partial charge in [-0.25, -0.2) is 0 Å². The standard InChI is InChI=1S/C13H27O.Na/c1-3-5-6-7-8-9-10-11-13-14-12-4-2;/h2-13H2,1H3;/q-1;+1. The summed E-state index contributed by atoms with van der Waals surface area (Å²) < 4.78 is 5.37. The largest absolute Gasteiger partial charge is 1.00 e. The normalized spacial score (nSPS) is 10.0. The molecule has 0 bridgehead atoms. The Labute approximate surface area is 119 Å². The van der Waals surface area contributed by atoms with Crippen LogP contribution in [0, 0.1) is 6.92 Å². The molecule has 2 heteroatoms. The topological polar surface area (TPSA) is 9.23 Å². The van der Waals surface area contributed by atoms with Gasteiger partial charge < -0.3 is 11.7 Å². The van der Waals surface area contributed by atoms with Crippen molar-refractivity contribution in [1.29, 1.82) is 0 Å². The Hall–Kier alpha value is 0.960. The van der Waals surface area contributed by atoms with Crippen LogP contribution in [0.3, 0.4) is 0 Å². The molecule has 0 aliphatic rings. The zero-order chi connectivity index (χ0) is 10.5. The van der Waals surface area contributed by atoms with Gasteiger partial charge in [-0.1, -0.05) is 51.9 Å². The molecule has 0 aromatic carbocycles. The van der Waals surface area contributed by atoms with Crippen LogP contribution in [0.4, 0.5) is 0 Å². The summed E-state index contributed by atoms with van der Waals surface area (Å²) in [6, 6.07) is 0. The number of ether oxygens (including phenoxy) is 1. The van der Waals surface area contributed by atoms with Gasteiger partial charge >= 0.3 is 29.6 Å². The first-order chi connectivity index (χ1) is 6.91. The zero-order valence-electron chi connectivity index (χ0n) is 10.9. The van der Waals surface area contributed by atoms with Crippen molar-refractivity contribution in [2.75, 3.05) is 13.2 Å². The summed E-state index contributed by atoms with van der Waals surface area (Å²) in [5.41, 5.74) is 0. The van der Waals surface area contributed by atoms with Crippen molar-refractivity contribution < 1.29 is 34.3 Å². The molecule has 0 aromatic heterocycles. The first kappa shape index (κ1) is 18.3. The van der Waals surface area contributed by atoms with Gasteiger partial charge in [0.15, 0.2) is 0 Å². The fourth-order valence-electron chi connectivity index (χ4n) is 1.54. The van der Waals surface area contributed by atoms with Crippen molar-refractivity contribution in [1.82, 2.24) is 0 Å². The second-order valence-electron chi connectivity index (χ2n) is 3.94. The monoisotopic (exact) mass is 222 g/mol. The quantitative estimate of drug-likeness (QED) is 0.291. The SMILES string of the molecule is [CH2-]CCOCCCCCCCCCC.[Na+]. The smallest absolute Gasteiger partial charge is 0.384 e. The van der Waals surface area contributed by atoms with Crippen molar-refractivity contribution in [3.63, 3.8) is 0 Å². The number of hydrogen-bond donors (Lipinski definition) is 0. The third-order valence-corrected chi connectivity index (χ3v) is 2.43. The Morgan fingerprint density at radius 3 is 1.87 bits per heavy atom. The van der Waals surface area contributed by atoms with E-state index in [2.05, 4.69) is 13.8 Å². The molecular weight excluding hydrogens is 195 g/mol. The second kappa shape index (κ2) is 17.4. The Bertz CT molecular complexity index is 84.5. The molecular formula is C13H27NaO. The average molecular weight is 222 g/mol. The summed E-state index contributed by atoms with van der Waals surface area (Å²) >= 11 is 0. The molecule has 0 saturated carbocycles. The van der Waals surface area contributed by atoms with E-state index in [0.717, 1.165) is 19.6 Å². The van der Waals surface area contributed by atoms with Crippen LogP contribution in [0.1, 0.15) is 64.7 Å². The summed E-state index contributed by atoms with van der Waals surface area (Å²) in [6.07, 6.45) is 11.9. The molecule has 0 N–H and O–H groups in total. The number of rotatable bonds is 11. The molecule has 86 valence electrons. The number of unbranched alkanes of at least 4 members (excludes halogenated alkanes) is 7. The van der Waals surface area contributed by atoms with Crippen molar-refractivity contribution in [2.24, 2.45) is 0 Å². The summed E-state index contributed by atoms with van der Waals surface area (Å²) in [5, 5.41) is 0. The van der Waals surface area contributed by atoms with E-state index in [1.165, 1.54) is 51.4 Å². The fourth-order valence-corrected chi connectivity index (χ4v) is 1.54. The molecule has 0 aromatic rings. The molecule has 0 radical (unpaired) electrons. The predicted octanol–water partition coefficient (Wildman–Crippen LogP) is 1.37. The molecule has 0 aliphatic heterocycles. The minimum Gasteiger partial charge on any atom is -0.384 e. The average Bonchev–Trinajstić information content (AvgIpc) is 2.21. The fraction of sp³-hybridized carbons (Fsp3) is 0.923. The van der Waals surface area contributed by atoms with Crippen LogP contribution in [0.2, 0.25) is 0 Å². The van der Waals surface area contributed by atoms with Crippen LogP contribution in [0.15, 0.2) is 0 Å². The van der Waals surface area contributed by atoms with E-state index in [1.54, 1.807) is 0 Å². The maximum absolute atomic E-state index is 5.37. The molecule has 1 nitrogen and oxygen atoms in total. The van der Waals surface area contributed by atoms with E-state index in [9.17, 15) is 0 Å². The van der Waals surface area contributed by atoms with Gasteiger partial charge in [0.25, 0.3) is 0 Å². The Balaban J connectivity index is 0. The van der Waals surface area contributed by atoms with Gasteiger partial charge in [0.1, 0.15) is 0 Å². The van der Waals surface area contributed by atoms with Crippen molar-refractivity contribution in [2.45, 2.75) is 64.7 Å². The molecule has 15 heavy (non-hydrogen) atoms. The first-order valence-corrected chi connectivity index (χ1v) is 6.28. The van der Waals surface area contributed by atoms with E-state index in [0.29, 0.717) is 0 Å². The maximum Gasteiger partial charge on any atom is 1.00 e. The Morgan fingerprint density at radius 2 is 1.33 bits per heavy atom. The molecule has 0 unspecified atom stereocenters. The van der Waals surface area contributed by atoms with Crippen LogP contribution in [-0.2, 0) is 4.74 Å². The van der Waals surface area contributed by atoms with Gasteiger partial charge in [-0.3, -0.25) is 0 Å². The minimum absolute atomic E-state index is 0. The molecule has 0 rings (SSSR count). The number of hydrogen-bond acceptors (Lipinski definition) is 1. The van der Waals surface area contributed by atoms with Crippen LogP contribution < -0.4 is 29.6 Å². The van der Waals surface area contributed by atoms with Crippen molar-refractivity contribution in [3.05, 3.63) is 6.92 Å². The van der Waals surface area contributed by atoms with Gasteiger partial charge in [0.05, 0.1) is 0 Å². The third-order valence-electron chi connectivity index (χ3n) is 2.43. The van der Waals surface area contributed by atoms with Gasteiger partial charge in [-0.05, 0) is 6.42 Å². The third kappa shape index (κ3) is 17.6. The van der Waals surface area contributed by atoms with Crippen molar-refractivity contribution in [3.8, 4) is 0 Å². The Morgan fingerprint density at radius 1 is 0.800 bits per heavy atom. The molecule has 0 atom stereocenters. The van der Waals surface area contributed by atoms with E-state index >= 15 is 0 Å². The van der Waals surface area contributed by atoms with Crippen molar-refractivity contribution >= 4 is 0 Å². The molecule has 0 aliphatic carbocycles. The van der Waals surface area contributed by atoms with Crippen LogP contribution in [-0.4, -0.2) is 13.2 Å². The van der Waals surface area contributed by atoms with Crippen LogP contribution in [0.25, 0.3) is 0 Å². The molecule has 0 saturated heterocycles. The summed E-state index contributed by atoms with van der Waals surface area (Å²) in [4.78, 5) is 0.